The third-order valence-corrected chi connectivity index (χ3v) is 8.24. The highest BCUT2D eigenvalue weighted by atomic mass is 28.4. The van der Waals surface area contributed by atoms with Crippen LogP contribution in [0.5, 0.6) is 0 Å². The number of carbonyl (C=O) groups is 2. The second-order valence-corrected chi connectivity index (χ2v) is 11.2. The van der Waals surface area contributed by atoms with Gasteiger partial charge in [0.25, 0.3) is 0 Å². The van der Waals surface area contributed by atoms with Crippen LogP contribution in [0.4, 0.5) is 0 Å². The zero-order valence-electron chi connectivity index (χ0n) is 13.3. The molecule has 0 heterocycles. The number of rotatable bonds is 7. The molecule has 0 spiro atoms. The summed E-state index contributed by atoms with van der Waals surface area (Å²) in [5, 5.41) is 0.0906. The summed E-state index contributed by atoms with van der Waals surface area (Å²) >= 11 is 0. The maximum Gasteiger partial charge on any atom is 0.374 e. The van der Waals surface area contributed by atoms with Crippen molar-refractivity contribution in [3.8, 4) is 0 Å². The van der Waals surface area contributed by atoms with Gasteiger partial charge in [0.05, 0.1) is 13.2 Å². The second-order valence-electron chi connectivity index (χ2n) is 6.41. The quantitative estimate of drug-likeness (QED) is 0.410. The minimum Gasteiger partial charge on any atom is -0.463 e. The first-order chi connectivity index (χ1) is 8.55. The van der Waals surface area contributed by atoms with Gasteiger partial charge >= 0.3 is 5.97 Å². The summed E-state index contributed by atoms with van der Waals surface area (Å²) in [5.41, 5.74) is 0. The van der Waals surface area contributed by atoms with E-state index in [4.69, 9.17) is 4.43 Å². The van der Waals surface area contributed by atoms with E-state index >= 15 is 0 Å². The van der Waals surface area contributed by atoms with Crippen LogP contribution in [0.1, 0.15) is 47.0 Å². The lowest BCUT2D eigenvalue weighted by atomic mass is 10.1. The number of esters is 1. The number of carbonyl (C=O) groups excluding carboxylic acids is 2. The van der Waals surface area contributed by atoms with Crippen molar-refractivity contribution in [1.82, 2.24) is 0 Å². The van der Waals surface area contributed by atoms with Gasteiger partial charge in [0.1, 0.15) is 0 Å². The van der Waals surface area contributed by atoms with Gasteiger partial charge in [-0.1, -0.05) is 34.1 Å². The highest BCUT2D eigenvalue weighted by Gasteiger charge is 2.39. The van der Waals surface area contributed by atoms with Gasteiger partial charge in [-0.3, -0.25) is 4.79 Å². The van der Waals surface area contributed by atoms with E-state index in [0.29, 0.717) is 0 Å². The summed E-state index contributed by atoms with van der Waals surface area (Å²) < 4.78 is 10.7. The van der Waals surface area contributed by atoms with Crippen LogP contribution in [0.2, 0.25) is 18.1 Å². The standard InChI is InChI=1S/C14H28O4Si/c1-8-9-11(10-12(15)13(16)17-5)18-19(6,7)14(2,3)4/h11H,8-10H2,1-7H3. The summed E-state index contributed by atoms with van der Waals surface area (Å²) in [6, 6.07) is 0. The molecule has 0 aliphatic carbocycles. The fraction of sp³-hybridized carbons (Fsp3) is 0.857. The molecule has 0 aliphatic heterocycles. The van der Waals surface area contributed by atoms with Crippen LogP contribution in [-0.4, -0.2) is 33.3 Å². The monoisotopic (exact) mass is 288 g/mol. The molecule has 0 bridgehead atoms. The molecule has 1 atom stereocenters. The molecule has 0 saturated carbocycles. The molecule has 0 aromatic heterocycles. The van der Waals surface area contributed by atoms with E-state index < -0.39 is 20.1 Å². The van der Waals surface area contributed by atoms with Crippen molar-refractivity contribution >= 4 is 20.1 Å². The molecule has 0 saturated heterocycles. The molecule has 4 nitrogen and oxygen atoms in total. The van der Waals surface area contributed by atoms with Gasteiger partial charge in [-0.2, -0.15) is 0 Å². The maximum atomic E-state index is 11.7. The Hall–Kier alpha value is -0.683. The minimum absolute atomic E-state index is 0.0906. The highest BCUT2D eigenvalue weighted by molar-refractivity contribution is 6.74. The zero-order valence-corrected chi connectivity index (χ0v) is 14.3. The first kappa shape index (κ1) is 18.3. The Labute approximate surface area is 118 Å². The van der Waals surface area contributed by atoms with Crippen molar-refractivity contribution in [2.24, 2.45) is 0 Å². The minimum atomic E-state index is -1.92. The Balaban J connectivity index is 4.76. The highest BCUT2D eigenvalue weighted by Crippen LogP contribution is 2.38. The number of ketones is 1. The van der Waals surface area contributed by atoms with Gasteiger partial charge in [0.2, 0.25) is 5.78 Å². The van der Waals surface area contributed by atoms with Crippen LogP contribution in [0.25, 0.3) is 0 Å². The lowest BCUT2D eigenvalue weighted by Gasteiger charge is -2.39. The topological polar surface area (TPSA) is 52.6 Å². The summed E-state index contributed by atoms with van der Waals surface area (Å²) in [5.74, 6) is -1.28. The second kappa shape index (κ2) is 7.19. The van der Waals surface area contributed by atoms with Crippen molar-refractivity contribution in [1.29, 1.82) is 0 Å². The fourth-order valence-electron chi connectivity index (χ4n) is 1.52. The average Bonchev–Trinajstić information content (AvgIpc) is 2.26. The Morgan fingerprint density at radius 2 is 1.74 bits per heavy atom. The van der Waals surface area contributed by atoms with Crippen LogP contribution >= 0.6 is 0 Å². The first-order valence-electron chi connectivity index (χ1n) is 6.84. The van der Waals surface area contributed by atoms with E-state index in [9.17, 15) is 9.59 Å². The predicted octanol–water partition coefficient (Wildman–Crippen LogP) is 3.31. The molecule has 0 fully saturated rings. The van der Waals surface area contributed by atoms with Crippen molar-refractivity contribution in [2.75, 3.05) is 7.11 Å². The van der Waals surface area contributed by atoms with Crippen LogP contribution in [0.15, 0.2) is 0 Å². The number of Topliss-reactive ketones (excluding diaryl/α,β-unsaturated/α-hetero) is 1. The summed E-state index contributed by atoms with van der Waals surface area (Å²) in [6.07, 6.45) is 1.65. The lowest BCUT2D eigenvalue weighted by Crippen LogP contribution is -2.44. The van der Waals surface area contributed by atoms with E-state index in [1.165, 1.54) is 7.11 Å². The Kier molecular flexibility index (Phi) is 6.93. The number of hydrogen-bond donors (Lipinski definition) is 0. The molecule has 0 rings (SSSR count). The van der Waals surface area contributed by atoms with E-state index in [0.717, 1.165) is 12.8 Å². The molecule has 112 valence electrons. The van der Waals surface area contributed by atoms with E-state index in [-0.39, 0.29) is 17.6 Å². The fourth-order valence-corrected chi connectivity index (χ4v) is 2.91. The van der Waals surface area contributed by atoms with E-state index in [1.807, 2.05) is 6.92 Å². The van der Waals surface area contributed by atoms with E-state index in [2.05, 4.69) is 38.6 Å². The van der Waals surface area contributed by atoms with Crippen molar-refractivity contribution in [3.05, 3.63) is 0 Å². The van der Waals surface area contributed by atoms with Crippen LogP contribution in [0.3, 0.4) is 0 Å². The van der Waals surface area contributed by atoms with Gasteiger partial charge in [0.15, 0.2) is 8.32 Å². The molecule has 0 N–H and O–H groups in total. The number of ether oxygens (including phenoxy) is 1. The molecule has 5 heteroatoms. The molecular formula is C14H28O4Si. The summed E-state index contributed by atoms with van der Waals surface area (Å²) in [4.78, 5) is 22.9. The van der Waals surface area contributed by atoms with Crippen LogP contribution in [-0.2, 0) is 18.8 Å². The van der Waals surface area contributed by atoms with Crippen molar-refractivity contribution in [3.63, 3.8) is 0 Å². The number of hydrogen-bond acceptors (Lipinski definition) is 4. The molecule has 0 aromatic carbocycles. The van der Waals surface area contributed by atoms with Gasteiger partial charge in [-0.25, -0.2) is 4.79 Å². The van der Waals surface area contributed by atoms with Crippen LogP contribution in [0, 0.1) is 0 Å². The van der Waals surface area contributed by atoms with Crippen LogP contribution < -0.4 is 0 Å². The van der Waals surface area contributed by atoms with E-state index in [1.54, 1.807) is 0 Å². The third kappa shape index (κ3) is 5.87. The SMILES string of the molecule is CCCC(CC(=O)C(=O)OC)O[Si](C)(C)C(C)(C)C. The Bertz CT molecular complexity index is 318. The lowest BCUT2D eigenvalue weighted by molar-refractivity contribution is -0.152. The molecule has 0 aromatic rings. The van der Waals surface area contributed by atoms with Crippen molar-refractivity contribution in [2.45, 2.75) is 71.2 Å². The maximum absolute atomic E-state index is 11.7. The van der Waals surface area contributed by atoms with Crippen molar-refractivity contribution < 1.29 is 18.8 Å². The molecule has 0 aliphatic rings. The summed E-state index contributed by atoms with van der Waals surface area (Å²) in [6.45, 7) is 12.8. The van der Waals surface area contributed by atoms with Gasteiger partial charge in [-0.05, 0) is 24.6 Å². The van der Waals surface area contributed by atoms with Gasteiger partial charge in [0, 0.05) is 6.42 Å². The summed E-state index contributed by atoms with van der Waals surface area (Å²) in [7, 11) is -0.695. The predicted molar refractivity (Wildman–Crippen MR) is 78.6 cm³/mol. The molecule has 0 radical (unpaired) electrons. The zero-order chi connectivity index (χ0) is 15.3. The smallest absolute Gasteiger partial charge is 0.374 e. The molecule has 19 heavy (non-hydrogen) atoms. The van der Waals surface area contributed by atoms with Gasteiger partial charge < -0.3 is 9.16 Å². The average molecular weight is 288 g/mol. The first-order valence-corrected chi connectivity index (χ1v) is 9.75. The van der Waals surface area contributed by atoms with Gasteiger partial charge in [-0.15, -0.1) is 0 Å². The third-order valence-electron chi connectivity index (χ3n) is 3.70. The molecule has 0 amide bonds. The normalized spacial score (nSPS) is 14.1. The number of methoxy groups -OCH3 is 1. The largest absolute Gasteiger partial charge is 0.463 e. The molecular weight excluding hydrogens is 260 g/mol. The Morgan fingerprint density at radius 1 is 1.21 bits per heavy atom. The molecule has 1 unspecified atom stereocenters. The Morgan fingerprint density at radius 3 is 2.11 bits per heavy atom.